The maximum atomic E-state index is 12.9. The van der Waals surface area contributed by atoms with Gasteiger partial charge in [0.25, 0.3) is 0 Å². The predicted octanol–water partition coefficient (Wildman–Crippen LogP) is 0.850. The normalized spacial score (nSPS) is 15.2. The van der Waals surface area contributed by atoms with E-state index in [-0.39, 0.29) is 54.2 Å². The lowest BCUT2D eigenvalue weighted by Crippen LogP contribution is -2.51. The number of benzene rings is 1. The molecule has 1 N–H and O–H groups in total. The van der Waals surface area contributed by atoms with Crippen molar-refractivity contribution >= 4 is 27.7 Å². The molecule has 1 aliphatic rings. The van der Waals surface area contributed by atoms with Crippen LogP contribution in [0.2, 0.25) is 0 Å². The van der Waals surface area contributed by atoms with E-state index in [0.29, 0.717) is 17.4 Å². The molecule has 1 amide bonds. The number of hydrogen-bond acceptors (Lipinski definition) is 8. The molecular formula is C20H24N6O5S2. The second kappa shape index (κ2) is 9.53. The van der Waals surface area contributed by atoms with Gasteiger partial charge in [-0.05, 0) is 19.4 Å². The van der Waals surface area contributed by atoms with E-state index < -0.39 is 10.0 Å². The van der Waals surface area contributed by atoms with Crippen molar-refractivity contribution < 1.29 is 17.7 Å². The van der Waals surface area contributed by atoms with Gasteiger partial charge in [-0.15, -0.1) is 5.10 Å². The number of carbonyl (C=O) groups excluding carboxylic acids is 1. The molecule has 0 aliphatic carbocycles. The molecule has 1 saturated heterocycles. The summed E-state index contributed by atoms with van der Waals surface area (Å²) in [4.78, 5) is 26.6. The van der Waals surface area contributed by atoms with Crippen LogP contribution in [0.4, 0.5) is 0 Å². The highest BCUT2D eigenvalue weighted by Crippen LogP contribution is 2.24. The number of rotatable bonds is 7. The third-order valence-corrected chi connectivity index (χ3v) is 8.49. The number of nitrogens with one attached hydrogen (secondary N) is 1. The van der Waals surface area contributed by atoms with Crippen LogP contribution in [0.1, 0.15) is 17.0 Å². The minimum Gasteiger partial charge on any atom is -0.360 e. The van der Waals surface area contributed by atoms with E-state index in [2.05, 4.69) is 15.4 Å². The lowest BCUT2D eigenvalue weighted by Gasteiger charge is -2.33. The minimum atomic E-state index is -3.74. The van der Waals surface area contributed by atoms with Crippen molar-refractivity contribution in [3.05, 3.63) is 57.8 Å². The van der Waals surface area contributed by atoms with Crippen molar-refractivity contribution in [1.29, 1.82) is 0 Å². The average Bonchev–Trinajstić information content (AvgIpc) is 3.34. The van der Waals surface area contributed by atoms with Gasteiger partial charge in [0.05, 0.1) is 12.3 Å². The topological polar surface area (TPSA) is 134 Å². The zero-order chi connectivity index (χ0) is 23.6. The minimum absolute atomic E-state index is 0.0905. The summed E-state index contributed by atoms with van der Waals surface area (Å²) >= 11 is 1.17. The molecular weight excluding hydrogens is 468 g/mol. The summed E-state index contributed by atoms with van der Waals surface area (Å²) in [6.45, 7) is 4.43. The Morgan fingerprint density at radius 2 is 1.85 bits per heavy atom. The lowest BCUT2D eigenvalue weighted by atomic mass is 10.2. The molecule has 3 aromatic rings. The Labute approximate surface area is 194 Å². The van der Waals surface area contributed by atoms with Crippen LogP contribution in [0, 0.1) is 13.8 Å². The summed E-state index contributed by atoms with van der Waals surface area (Å²) in [5, 5.41) is 10.6. The first-order chi connectivity index (χ1) is 15.8. The van der Waals surface area contributed by atoms with Crippen molar-refractivity contribution in [2.75, 3.05) is 31.9 Å². The molecule has 33 heavy (non-hydrogen) atoms. The van der Waals surface area contributed by atoms with E-state index in [1.54, 1.807) is 18.7 Å². The van der Waals surface area contributed by atoms with Gasteiger partial charge >= 0.3 is 5.69 Å². The zero-order valence-corrected chi connectivity index (χ0v) is 19.9. The second-order valence-electron chi connectivity index (χ2n) is 7.61. The number of piperazine rings is 1. The summed E-state index contributed by atoms with van der Waals surface area (Å²) in [5.41, 5.74) is 0.930. The largest absolute Gasteiger partial charge is 0.360 e. The standard InChI is InChI=1S/C20H24N6O5S2/c1-14-18(15(2)31-23-14)33(29,30)25-10-8-24(9-11-25)17(27)13-32-20-22-21-19(28)26(20)12-16-6-4-3-5-7-16/h3-7H,8-13H2,1-2H3,(H,21,28). The summed E-state index contributed by atoms with van der Waals surface area (Å²) in [6.07, 6.45) is 0. The monoisotopic (exact) mass is 492 g/mol. The number of sulfonamides is 1. The average molecular weight is 493 g/mol. The predicted molar refractivity (Wildman–Crippen MR) is 120 cm³/mol. The van der Waals surface area contributed by atoms with Crippen LogP contribution in [-0.2, 0) is 21.4 Å². The van der Waals surface area contributed by atoms with Gasteiger partial charge in [-0.2, -0.15) is 4.31 Å². The first-order valence-corrected chi connectivity index (χ1v) is 12.7. The highest BCUT2D eigenvalue weighted by Gasteiger charge is 2.34. The van der Waals surface area contributed by atoms with Crippen molar-refractivity contribution in [1.82, 2.24) is 29.1 Å². The smallest absolute Gasteiger partial charge is 0.344 e. The zero-order valence-electron chi connectivity index (χ0n) is 18.2. The molecule has 4 rings (SSSR count). The molecule has 1 fully saturated rings. The lowest BCUT2D eigenvalue weighted by molar-refractivity contribution is -0.129. The van der Waals surface area contributed by atoms with Crippen LogP contribution in [0.25, 0.3) is 0 Å². The number of amides is 1. The molecule has 0 saturated carbocycles. The third kappa shape index (κ3) is 4.89. The van der Waals surface area contributed by atoms with Crippen molar-refractivity contribution in [2.45, 2.75) is 30.4 Å². The van der Waals surface area contributed by atoms with E-state index >= 15 is 0 Å². The molecule has 11 nitrogen and oxygen atoms in total. The van der Waals surface area contributed by atoms with Crippen LogP contribution in [0.5, 0.6) is 0 Å². The Bertz CT molecular complexity index is 1270. The first-order valence-electron chi connectivity index (χ1n) is 10.3. The maximum absolute atomic E-state index is 12.9. The van der Waals surface area contributed by atoms with Gasteiger partial charge < -0.3 is 9.42 Å². The van der Waals surface area contributed by atoms with Crippen LogP contribution in [0.15, 0.2) is 49.7 Å². The number of nitrogens with zero attached hydrogens (tertiary/aromatic N) is 5. The Balaban J connectivity index is 1.35. The second-order valence-corrected chi connectivity index (χ2v) is 10.4. The highest BCUT2D eigenvalue weighted by molar-refractivity contribution is 7.99. The molecule has 176 valence electrons. The molecule has 2 aromatic heterocycles. The molecule has 0 atom stereocenters. The van der Waals surface area contributed by atoms with E-state index in [4.69, 9.17) is 4.52 Å². The number of carbonyl (C=O) groups is 1. The number of H-pyrrole nitrogens is 1. The van der Waals surface area contributed by atoms with Crippen molar-refractivity contribution in [3.8, 4) is 0 Å². The molecule has 1 aliphatic heterocycles. The van der Waals surface area contributed by atoms with Gasteiger partial charge in [0.1, 0.15) is 10.6 Å². The first kappa shape index (κ1) is 23.3. The summed E-state index contributed by atoms with van der Waals surface area (Å²) in [5.74, 6) is 0.203. The number of hydrogen-bond donors (Lipinski definition) is 1. The Hall–Kier alpha value is -2.90. The number of aromatic amines is 1. The Kier molecular flexibility index (Phi) is 6.72. The third-order valence-electron chi connectivity index (χ3n) is 5.39. The van der Waals surface area contributed by atoms with Gasteiger partial charge in [0.2, 0.25) is 15.9 Å². The highest BCUT2D eigenvalue weighted by atomic mass is 32.2. The Morgan fingerprint density at radius 3 is 2.48 bits per heavy atom. The van der Waals surface area contributed by atoms with E-state index in [1.165, 1.54) is 20.6 Å². The fraction of sp³-hybridized carbons (Fsp3) is 0.400. The maximum Gasteiger partial charge on any atom is 0.344 e. The van der Waals surface area contributed by atoms with E-state index in [1.807, 2.05) is 30.3 Å². The Morgan fingerprint density at radius 1 is 1.15 bits per heavy atom. The molecule has 0 spiro atoms. The van der Waals surface area contributed by atoms with Gasteiger partial charge in [-0.25, -0.2) is 18.3 Å². The van der Waals surface area contributed by atoms with Gasteiger partial charge in [-0.3, -0.25) is 9.36 Å². The van der Waals surface area contributed by atoms with E-state index in [9.17, 15) is 18.0 Å². The number of aryl methyl sites for hydroxylation is 2. The van der Waals surface area contributed by atoms with Gasteiger partial charge in [0.15, 0.2) is 10.9 Å². The molecule has 3 heterocycles. The van der Waals surface area contributed by atoms with Crippen LogP contribution < -0.4 is 5.69 Å². The van der Waals surface area contributed by atoms with Crippen LogP contribution in [-0.4, -0.2) is 75.4 Å². The quantitative estimate of drug-likeness (QED) is 0.480. The van der Waals surface area contributed by atoms with Crippen LogP contribution in [0.3, 0.4) is 0 Å². The van der Waals surface area contributed by atoms with Crippen molar-refractivity contribution in [3.63, 3.8) is 0 Å². The summed E-state index contributed by atoms with van der Waals surface area (Å²) < 4.78 is 33.7. The molecule has 0 unspecified atom stereocenters. The van der Waals surface area contributed by atoms with Crippen molar-refractivity contribution in [2.24, 2.45) is 0 Å². The number of aromatic nitrogens is 4. The summed E-state index contributed by atoms with van der Waals surface area (Å²) in [6, 6.07) is 9.50. The van der Waals surface area contributed by atoms with Gasteiger partial charge in [-0.1, -0.05) is 47.3 Å². The summed E-state index contributed by atoms with van der Waals surface area (Å²) in [7, 11) is -3.74. The molecule has 13 heteroatoms. The molecule has 1 aromatic carbocycles. The number of thioether (sulfide) groups is 1. The van der Waals surface area contributed by atoms with Crippen LogP contribution >= 0.6 is 11.8 Å². The molecule has 0 bridgehead atoms. The van der Waals surface area contributed by atoms with Gasteiger partial charge in [0, 0.05) is 26.2 Å². The fourth-order valence-corrected chi connectivity index (χ4v) is 6.25. The fourth-order valence-electron chi connectivity index (χ4n) is 3.69. The SMILES string of the molecule is Cc1noc(C)c1S(=O)(=O)N1CCN(C(=O)CSc2n[nH]c(=O)n2Cc2ccccc2)CC1. The van der Waals surface area contributed by atoms with E-state index in [0.717, 1.165) is 5.56 Å². The molecule has 0 radical (unpaired) electrons.